The lowest BCUT2D eigenvalue weighted by Gasteiger charge is -2.30. The molecule has 0 spiro atoms. The van der Waals surface area contributed by atoms with Crippen molar-refractivity contribution in [3.05, 3.63) is 71.5 Å². The van der Waals surface area contributed by atoms with Crippen LogP contribution in [0, 0.1) is 13.8 Å². The summed E-state index contributed by atoms with van der Waals surface area (Å²) in [7, 11) is 1.64. The minimum absolute atomic E-state index is 0.163. The molecule has 1 N–H and O–H groups in total. The number of β-amino-alcohol motifs (C(OH)–C–C–N with tert-alkyl or cyclic N) is 1. The standard InChI is InChI=1S/C27H35N3O5/c1-21-4-7-24(8-5-21)35-20-27(31)18-29(10-12-33-19-27)17-23-6-9-25(32-3)26(14-23)34-13-11-30-16-22(2)15-28-30/h4-9,14-16,31H,10-13,17-20H2,1-3H3/t27-/m0/s1. The molecule has 2 aromatic carbocycles. The maximum Gasteiger partial charge on any atom is 0.161 e. The van der Waals surface area contributed by atoms with Gasteiger partial charge in [-0.1, -0.05) is 23.8 Å². The Kier molecular flexibility index (Phi) is 8.28. The number of benzene rings is 2. The minimum Gasteiger partial charge on any atom is -0.493 e. The fourth-order valence-electron chi connectivity index (χ4n) is 4.10. The van der Waals surface area contributed by atoms with Crippen LogP contribution in [0.4, 0.5) is 0 Å². The van der Waals surface area contributed by atoms with Gasteiger partial charge in [0.05, 0.1) is 33.1 Å². The fourth-order valence-corrected chi connectivity index (χ4v) is 4.10. The maximum absolute atomic E-state index is 11.2. The Balaban J connectivity index is 1.37. The zero-order chi connectivity index (χ0) is 24.7. The van der Waals surface area contributed by atoms with Crippen molar-refractivity contribution in [3.8, 4) is 17.2 Å². The van der Waals surface area contributed by atoms with Crippen molar-refractivity contribution in [3.63, 3.8) is 0 Å². The summed E-state index contributed by atoms with van der Waals surface area (Å²) in [5, 5.41) is 15.5. The SMILES string of the molecule is COc1ccc(CN2CCOC[C@](O)(COc3ccc(C)cc3)C2)cc1OCCn1cc(C)cn1. The molecule has 0 saturated carbocycles. The number of aliphatic hydroxyl groups is 1. The molecule has 2 heterocycles. The number of hydrogen-bond acceptors (Lipinski definition) is 7. The highest BCUT2D eigenvalue weighted by atomic mass is 16.5. The molecule has 0 amide bonds. The van der Waals surface area contributed by atoms with E-state index in [0.29, 0.717) is 50.9 Å². The van der Waals surface area contributed by atoms with E-state index in [4.69, 9.17) is 18.9 Å². The molecule has 3 aromatic rings. The van der Waals surface area contributed by atoms with Crippen LogP contribution in [0.1, 0.15) is 16.7 Å². The third-order valence-electron chi connectivity index (χ3n) is 5.94. The molecule has 1 atom stereocenters. The van der Waals surface area contributed by atoms with E-state index >= 15 is 0 Å². The molecule has 0 aliphatic carbocycles. The zero-order valence-electron chi connectivity index (χ0n) is 20.8. The fraction of sp³-hybridized carbons (Fsp3) is 0.444. The first-order valence-corrected chi connectivity index (χ1v) is 11.9. The van der Waals surface area contributed by atoms with Gasteiger partial charge < -0.3 is 24.1 Å². The monoisotopic (exact) mass is 481 g/mol. The summed E-state index contributed by atoms with van der Waals surface area (Å²) in [5.41, 5.74) is 2.25. The van der Waals surface area contributed by atoms with Crippen LogP contribution >= 0.6 is 0 Å². The second-order valence-corrected chi connectivity index (χ2v) is 9.20. The minimum atomic E-state index is -1.10. The molecule has 4 rings (SSSR count). The molecule has 0 bridgehead atoms. The van der Waals surface area contributed by atoms with Gasteiger partial charge in [-0.3, -0.25) is 9.58 Å². The van der Waals surface area contributed by atoms with Crippen LogP contribution in [0.15, 0.2) is 54.9 Å². The van der Waals surface area contributed by atoms with Gasteiger partial charge in [0.25, 0.3) is 0 Å². The van der Waals surface area contributed by atoms with Crippen molar-refractivity contribution in [1.29, 1.82) is 0 Å². The highest BCUT2D eigenvalue weighted by Crippen LogP contribution is 2.29. The number of aryl methyl sites for hydroxylation is 2. The second kappa shape index (κ2) is 11.6. The van der Waals surface area contributed by atoms with Gasteiger partial charge in [0, 0.05) is 25.8 Å². The highest BCUT2D eigenvalue weighted by Gasteiger charge is 2.33. The highest BCUT2D eigenvalue weighted by molar-refractivity contribution is 5.43. The van der Waals surface area contributed by atoms with E-state index in [0.717, 1.165) is 16.9 Å². The van der Waals surface area contributed by atoms with E-state index in [1.807, 2.05) is 73.4 Å². The van der Waals surface area contributed by atoms with E-state index in [9.17, 15) is 5.11 Å². The van der Waals surface area contributed by atoms with Crippen molar-refractivity contribution in [2.45, 2.75) is 32.5 Å². The van der Waals surface area contributed by atoms with Gasteiger partial charge in [0.15, 0.2) is 11.5 Å². The summed E-state index contributed by atoms with van der Waals surface area (Å²) in [6.45, 7) is 7.94. The zero-order valence-corrected chi connectivity index (χ0v) is 20.8. The van der Waals surface area contributed by atoms with Crippen molar-refractivity contribution >= 4 is 0 Å². The van der Waals surface area contributed by atoms with Gasteiger partial charge in [-0.05, 0) is 49.2 Å². The average molecular weight is 482 g/mol. The number of rotatable bonds is 10. The predicted octanol–water partition coefficient (Wildman–Crippen LogP) is 3.23. The predicted molar refractivity (Wildman–Crippen MR) is 133 cm³/mol. The van der Waals surface area contributed by atoms with Crippen LogP contribution in [0.25, 0.3) is 0 Å². The average Bonchev–Trinajstić information content (AvgIpc) is 3.17. The molecule has 1 aromatic heterocycles. The molecule has 8 heteroatoms. The molecule has 0 unspecified atom stereocenters. The van der Waals surface area contributed by atoms with Crippen molar-refractivity contribution in [2.24, 2.45) is 0 Å². The normalized spacial score (nSPS) is 18.7. The first kappa shape index (κ1) is 25.0. The second-order valence-electron chi connectivity index (χ2n) is 9.20. The molecule has 0 radical (unpaired) electrons. The summed E-state index contributed by atoms with van der Waals surface area (Å²) in [4.78, 5) is 2.18. The van der Waals surface area contributed by atoms with Crippen LogP contribution in [-0.4, -0.2) is 72.0 Å². The lowest BCUT2D eigenvalue weighted by Crippen LogP contribution is -2.48. The molecular formula is C27H35N3O5. The Morgan fingerprint density at radius 1 is 1.06 bits per heavy atom. The maximum atomic E-state index is 11.2. The number of aromatic nitrogens is 2. The summed E-state index contributed by atoms with van der Waals surface area (Å²) >= 11 is 0. The van der Waals surface area contributed by atoms with E-state index in [2.05, 4.69) is 10.00 Å². The van der Waals surface area contributed by atoms with Crippen molar-refractivity contribution in [2.75, 3.05) is 46.6 Å². The van der Waals surface area contributed by atoms with E-state index < -0.39 is 5.60 Å². The Bertz CT molecular complexity index is 1080. The number of nitrogens with zero attached hydrogens (tertiary/aromatic N) is 3. The van der Waals surface area contributed by atoms with Crippen LogP contribution in [-0.2, 0) is 17.8 Å². The van der Waals surface area contributed by atoms with Gasteiger partial charge in [-0.15, -0.1) is 0 Å². The summed E-state index contributed by atoms with van der Waals surface area (Å²) in [6.07, 6.45) is 3.82. The first-order chi connectivity index (χ1) is 16.9. The van der Waals surface area contributed by atoms with Gasteiger partial charge >= 0.3 is 0 Å². The van der Waals surface area contributed by atoms with E-state index in [1.165, 1.54) is 5.56 Å². The van der Waals surface area contributed by atoms with Crippen LogP contribution < -0.4 is 14.2 Å². The van der Waals surface area contributed by atoms with Crippen molar-refractivity contribution in [1.82, 2.24) is 14.7 Å². The number of hydrogen-bond donors (Lipinski definition) is 1. The Morgan fingerprint density at radius 3 is 2.63 bits per heavy atom. The number of methoxy groups -OCH3 is 1. The smallest absolute Gasteiger partial charge is 0.161 e. The topological polar surface area (TPSA) is 78.2 Å². The third-order valence-corrected chi connectivity index (χ3v) is 5.94. The Morgan fingerprint density at radius 2 is 1.89 bits per heavy atom. The summed E-state index contributed by atoms with van der Waals surface area (Å²) in [6, 6.07) is 13.8. The van der Waals surface area contributed by atoms with Gasteiger partial charge in [-0.25, -0.2) is 0 Å². The Hall–Kier alpha value is -3.07. The largest absolute Gasteiger partial charge is 0.493 e. The summed E-state index contributed by atoms with van der Waals surface area (Å²) in [5.74, 6) is 2.12. The molecule has 8 nitrogen and oxygen atoms in total. The number of ether oxygens (including phenoxy) is 4. The van der Waals surface area contributed by atoms with Crippen molar-refractivity contribution < 1.29 is 24.1 Å². The molecular weight excluding hydrogens is 446 g/mol. The van der Waals surface area contributed by atoms with Gasteiger partial charge in [-0.2, -0.15) is 5.10 Å². The molecule has 1 fully saturated rings. The van der Waals surface area contributed by atoms with Crippen LogP contribution in [0.5, 0.6) is 17.2 Å². The van der Waals surface area contributed by atoms with Gasteiger partial charge in [0.1, 0.15) is 24.6 Å². The van der Waals surface area contributed by atoms with E-state index in [1.54, 1.807) is 7.11 Å². The quantitative estimate of drug-likeness (QED) is 0.476. The molecule has 188 valence electrons. The third kappa shape index (κ3) is 7.21. The van der Waals surface area contributed by atoms with Gasteiger partial charge in [0.2, 0.25) is 0 Å². The van der Waals surface area contributed by atoms with Crippen LogP contribution in [0.3, 0.4) is 0 Å². The molecule has 1 aliphatic heterocycles. The first-order valence-electron chi connectivity index (χ1n) is 11.9. The Labute approximate surface area is 207 Å². The molecule has 1 saturated heterocycles. The molecule has 1 aliphatic rings. The van der Waals surface area contributed by atoms with E-state index in [-0.39, 0.29) is 13.2 Å². The summed E-state index contributed by atoms with van der Waals surface area (Å²) < 4.78 is 25.0. The lowest BCUT2D eigenvalue weighted by atomic mass is 10.1. The lowest BCUT2D eigenvalue weighted by molar-refractivity contribution is -0.0646. The van der Waals surface area contributed by atoms with Crippen LogP contribution in [0.2, 0.25) is 0 Å². The molecule has 35 heavy (non-hydrogen) atoms.